The Morgan fingerprint density at radius 1 is 1.32 bits per heavy atom. The van der Waals surface area contributed by atoms with Crippen molar-refractivity contribution in [3.05, 3.63) is 28.8 Å². The molecule has 0 saturated heterocycles. The van der Waals surface area contributed by atoms with Crippen LogP contribution < -0.4 is 16.2 Å². The number of rotatable bonds is 5. The molecule has 19 heavy (non-hydrogen) atoms. The maximum atomic E-state index is 12.0. The second kappa shape index (κ2) is 7.79. The average Bonchev–Trinajstić information content (AvgIpc) is 2.27. The molecule has 110 valence electrons. The van der Waals surface area contributed by atoms with Crippen LogP contribution in [0.15, 0.2) is 18.2 Å². The fourth-order valence-corrected chi connectivity index (χ4v) is 1.69. The van der Waals surface area contributed by atoms with Crippen molar-refractivity contribution < 1.29 is 17.9 Å². The van der Waals surface area contributed by atoms with Gasteiger partial charge in [0.15, 0.2) is 0 Å². The molecule has 0 spiro atoms. The van der Waals surface area contributed by atoms with Crippen LogP contribution in [0.2, 0.25) is 5.02 Å². The van der Waals surface area contributed by atoms with Crippen LogP contribution in [0.4, 0.5) is 13.2 Å². The van der Waals surface area contributed by atoms with Crippen molar-refractivity contribution in [3.8, 4) is 5.75 Å². The molecule has 0 fully saturated rings. The lowest BCUT2D eigenvalue weighted by atomic mass is 10.0. The summed E-state index contributed by atoms with van der Waals surface area (Å²) < 4.78 is 39.8. The molecule has 1 aromatic carbocycles. The molecule has 0 amide bonds. The Balaban J connectivity index is 0.00000324. The summed E-state index contributed by atoms with van der Waals surface area (Å²) in [5.74, 6) is -0.432. The third kappa shape index (κ3) is 6.33. The Morgan fingerprint density at radius 2 is 1.95 bits per heavy atom. The predicted molar refractivity (Wildman–Crippen MR) is 70.6 cm³/mol. The Morgan fingerprint density at radius 3 is 2.42 bits per heavy atom. The maximum Gasteiger partial charge on any atom is 0.573 e. The van der Waals surface area contributed by atoms with Gasteiger partial charge in [-0.2, -0.15) is 0 Å². The highest BCUT2D eigenvalue weighted by molar-refractivity contribution is 6.32. The van der Waals surface area contributed by atoms with E-state index in [4.69, 9.17) is 23.1 Å². The van der Waals surface area contributed by atoms with E-state index >= 15 is 0 Å². The van der Waals surface area contributed by atoms with Crippen LogP contribution in [-0.4, -0.2) is 12.9 Å². The Kier molecular flexibility index (Phi) is 7.51. The molecule has 0 unspecified atom stereocenters. The summed E-state index contributed by atoms with van der Waals surface area (Å²) in [5, 5.41) is -0.118. The zero-order valence-electron chi connectivity index (χ0n) is 9.91. The van der Waals surface area contributed by atoms with Gasteiger partial charge in [-0.1, -0.05) is 17.7 Å². The van der Waals surface area contributed by atoms with Crippen LogP contribution in [0.25, 0.3) is 0 Å². The topological polar surface area (TPSA) is 61.3 Å². The molecule has 8 heteroatoms. The lowest BCUT2D eigenvalue weighted by Gasteiger charge is -2.14. The molecule has 0 saturated carbocycles. The zero-order valence-corrected chi connectivity index (χ0v) is 11.5. The standard InChI is InChI=1S/C11H14ClF3N2O.ClH/c12-8-6-7(9(17)2-1-5-16)3-4-10(8)18-11(13,14)15;/h3-4,6,9H,1-2,5,16-17H2;1H/t9-;/m0./s1. The molecular formula is C11H15Cl2F3N2O. The summed E-state index contributed by atoms with van der Waals surface area (Å²) in [4.78, 5) is 0. The van der Waals surface area contributed by atoms with E-state index in [0.717, 1.165) is 12.5 Å². The Hall–Kier alpha value is -0.690. The first kappa shape index (κ1) is 18.3. The van der Waals surface area contributed by atoms with Crippen molar-refractivity contribution in [2.24, 2.45) is 11.5 Å². The number of benzene rings is 1. The number of halogens is 5. The normalized spacial score (nSPS) is 12.7. The van der Waals surface area contributed by atoms with Crippen LogP contribution in [-0.2, 0) is 0 Å². The predicted octanol–water partition coefficient (Wildman–Crippen LogP) is 3.40. The number of hydrogen-bond donors (Lipinski definition) is 2. The summed E-state index contributed by atoms with van der Waals surface area (Å²) in [6.45, 7) is 0.511. The number of ether oxygens (including phenoxy) is 1. The van der Waals surface area contributed by atoms with Crippen LogP contribution >= 0.6 is 24.0 Å². The van der Waals surface area contributed by atoms with Gasteiger partial charge in [0.05, 0.1) is 5.02 Å². The van der Waals surface area contributed by atoms with Crippen molar-refractivity contribution >= 4 is 24.0 Å². The summed E-state index contributed by atoms with van der Waals surface area (Å²) in [5.41, 5.74) is 11.9. The lowest BCUT2D eigenvalue weighted by molar-refractivity contribution is -0.274. The van der Waals surface area contributed by atoms with Gasteiger partial charge in [-0.25, -0.2) is 0 Å². The SMILES string of the molecule is Cl.NCCC[C@H](N)c1ccc(OC(F)(F)F)c(Cl)c1. The number of hydrogen-bond acceptors (Lipinski definition) is 3. The van der Waals surface area contributed by atoms with Gasteiger partial charge in [0.25, 0.3) is 0 Å². The Bertz CT molecular complexity index is 402. The van der Waals surface area contributed by atoms with Crippen molar-refractivity contribution in [1.29, 1.82) is 0 Å². The quantitative estimate of drug-likeness (QED) is 0.874. The van der Waals surface area contributed by atoms with E-state index in [9.17, 15) is 13.2 Å². The van der Waals surface area contributed by atoms with Gasteiger partial charge in [-0.15, -0.1) is 25.6 Å². The molecule has 1 atom stereocenters. The molecule has 3 nitrogen and oxygen atoms in total. The second-order valence-corrected chi connectivity index (χ2v) is 4.18. The monoisotopic (exact) mass is 318 g/mol. The molecular weight excluding hydrogens is 304 g/mol. The molecule has 0 aliphatic heterocycles. The minimum absolute atomic E-state index is 0. The zero-order chi connectivity index (χ0) is 13.8. The van der Waals surface area contributed by atoms with E-state index in [0.29, 0.717) is 18.5 Å². The van der Waals surface area contributed by atoms with Gasteiger partial charge < -0.3 is 16.2 Å². The van der Waals surface area contributed by atoms with E-state index in [2.05, 4.69) is 4.74 Å². The summed E-state index contributed by atoms with van der Waals surface area (Å²) in [6, 6.07) is 3.71. The molecule has 0 bridgehead atoms. The van der Waals surface area contributed by atoms with E-state index < -0.39 is 12.1 Å². The highest BCUT2D eigenvalue weighted by atomic mass is 35.5. The van der Waals surface area contributed by atoms with Gasteiger partial charge >= 0.3 is 6.36 Å². The molecule has 0 heterocycles. The summed E-state index contributed by atoms with van der Waals surface area (Å²) in [6.07, 6.45) is -3.38. The van der Waals surface area contributed by atoms with Gasteiger partial charge in [0, 0.05) is 6.04 Å². The summed E-state index contributed by atoms with van der Waals surface area (Å²) in [7, 11) is 0. The molecule has 4 N–H and O–H groups in total. The smallest absolute Gasteiger partial charge is 0.404 e. The molecule has 0 aliphatic carbocycles. The fraction of sp³-hybridized carbons (Fsp3) is 0.455. The maximum absolute atomic E-state index is 12.0. The highest BCUT2D eigenvalue weighted by Gasteiger charge is 2.32. The Labute approximate surface area is 120 Å². The van der Waals surface area contributed by atoms with Gasteiger partial charge in [0.1, 0.15) is 5.75 Å². The van der Waals surface area contributed by atoms with Gasteiger partial charge in [0.2, 0.25) is 0 Å². The van der Waals surface area contributed by atoms with Crippen molar-refractivity contribution in [3.63, 3.8) is 0 Å². The average molecular weight is 319 g/mol. The third-order valence-corrected chi connectivity index (χ3v) is 2.62. The molecule has 1 aromatic rings. The van der Waals surface area contributed by atoms with Crippen LogP contribution in [0.1, 0.15) is 24.4 Å². The van der Waals surface area contributed by atoms with E-state index in [1.807, 2.05) is 0 Å². The minimum atomic E-state index is -4.76. The molecule has 0 aliphatic rings. The number of alkyl halides is 3. The van der Waals surface area contributed by atoms with Gasteiger partial charge in [-0.05, 0) is 37.1 Å². The van der Waals surface area contributed by atoms with Crippen LogP contribution in [0.5, 0.6) is 5.75 Å². The van der Waals surface area contributed by atoms with Crippen molar-refractivity contribution in [2.75, 3.05) is 6.54 Å². The molecule has 0 aromatic heterocycles. The lowest BCUT2D eigenvalue weighted by Crippen LogP contribution is -2.18. The van der Waals surface area contributed by atoms with Gasteiger partial charge in [-0.3, -0.25) is 0 Å². The highest BCUT2D eigenvalue weighted by Crippen LogP contribution is 2.32. The van der Waals surface area contributed by atoms with E-state index in [1.165, 1.54) is 12.1 Å². The fourth-order valence-electron chi connectivity index (χ4n) is 1.46. The first-order valence-electron chi connectivity index (χ1n) is 5.34. The molecule has 1 rings (SSSR count). The first-order chi connectivity index (χ1) is 8.33. The van der Waals surface area contributed by atoms with E-state index in [-0.39, 0.29) is 23.5 Å². The van der Waals surface area contributed by atoms with Crippen molar-refractivity contribution in [1.82, 2.24) is 0 Å². The largest absolute Gasteiger partial charge is 0.573 e. The van der Waals surface area contributed by atoms with E-state index in [1.54, 1.807) is 0 Å². The first-order valence-corrected chi connectivity index (χ1v) is 5.72. The minimum Gasteiger partial charge on any atom is -0.404 e. The summed E-state index contributed by atoms with van der Waals surface area (Å²) >= 11 is 5.71. The van der Waals surface area contributed by atoms with Crippen LogP contribution in [0.3, 0.4) is 0 Å². The van der Waals surface area contributed by atoms with Crippen LogP contribution in [0, 0.1) is 0 Å². The molecule has 0 radical (unpaired) electrons. The number of nitrogens with two attached hydrogens (primary N) is 2. The third-order valence-electron chi connectivity index (χ3n) is 2.33. The second-order valence-electron chi connectivity index (χ2n) is 3.78. The van der Waals surface area contributed by atoms with Crippen molar-refractivity contribution in [2.45, 2.75) is 25.2 Å².